The molecule has 0 saturated carbocycles. The average Bonchev–Trinajstić information content (AvgIpc) is 2.63. The van der Waals surface area contributed by atoms with E-state index in [1.165, 1.54) is 0 Å². The van der Waals surface area contributed by atoms with Gasteiger partial charge < -0.3 is 20.1 Å². The second-order valence-electron chi connectivity index (χ2n) is 6.56. The summed E-state index contributed by atoms with van der Waals surface area (Å²) in [6, 6.07) is 9.48. The van der Waals surface area contributed by atoms with Crippen molar-refractivity contribution < 1.29 is 14.6 Å². The van der Waals surface area contributed by atoms with Crippen LogP contribution in [-0.4, -0.2) is 78.8 Å². The van der Waals surface area contributed by atoms with Crippen LogP contribution in [0.25, 0.3) is 0 Å². The molecule has 2 aliphatic rings. The number of hydrogen-bond donors (Lipinski definition) is 2. The molecule has 26 heavy (non-hydrogen) atoms. The number of amides is 1. The number of piperazine rings is 1. The van der Waals surface area contributed by atoms with Crippen LogP contribution < -0.4 is 5.32 Å². The zero-order chi connectivity index (χ0) is 16.9. The zero-order valence-corrected chi connectivity index (χ0v) is 16.7. The van der Waals surface area contributed by atoms with Gasteiger partial charge in [0.15, 0.2) is 0 Å². The van der Waals surface area contributed by atoms with Gasteiger partial charge >= 0.3 is 0 Å². The van der Waals surface area contributed by atoms with E-state index in [9.17, 15) is 9.90 Å². The summed E-state index contributed by atoms with van der Waals surface area (Å²) >= 11 is 0. The summed E-state index contributed by atoms with van der Waals surface area (Å²) in [5, 5.41) is 13.6. The Morgan fingerprint density at radius 3 is 2.50 bits per heavy atom. The van der Waals surface area contributed by atoms with Crippen LogP contribution in [0.3, 0.4) is 0 Å². The second-order valence-corrected chi connectivity index (χ2v) is 6.56. The highest BCUT2D eigenvalue weighted by Gasteiger charge is 2.33. The summed E-state index contributed by atoms with van der Waals surface area (Å²) in [4.78, 5) is 16.8. The zero-order valence-electron chi connectivity index (χ0n) is 15.0. The molecular weight excluding hydrogens is 377 g/mol. The largest absolute Gasteiger partial charge is 0.387 e. The third kappa shape index (κ3) is 5.81. The van der Waals surface area contributed by atoms with Crippen molar-refractivity contribution >= 4 is 30.7 Å². The van der Waals surface area contributed by atoms with Crippen LogP contribution in [0.15, 0.2) is 30.3 Å². The number of carbonyl (C=O) groups is 1. The summed E-state index contributed by atoms with van der Waals surface area (Å²) in [7, 11) is 0. The third-order valence-corrected chi connectivity index (χ3v) is 4.88. The molecule has 2 saturated heterocycles. The fourth-order valence-corrected chi connectivity index (χ4v) is 3.38. The molecule has 1 unspecified atom stereocenters. The minimum atomic E-state index is -0.484. The van der Waals surface area contributed by atoms with Gasteiger partial charge in [-0.25, -0.2) is 0 Å². The highest BCUT2D eigenvalue weighted by molar-refractivity contribution is 5.85. The molecule has 2 fully saturated rings. The second kappa shape index (κ2) is 11.1. The van der Waals surface area contributed by atoms with E-state index in [0.29, 0.717) is 26.2 Å². The van der Waals surface area contributed by atoms with E-state index in [4.69, 9.17) is 4.74 Å². The van der Waals surface area contributed by atoms with Crippen molar-refractivity contribution in [2.24, 2.45) is 0 Å². The first-order valence-corrected chi connectivity index (χ1v) is 8.74. The fraction of sp³-hybridized carbons (Fsp3) is 0.611. The van der Waals surface area contributed by atoms with Crippen LogP contribution in [0.4, 0.5) is 0 Å². The monoisotopic (exact) mass is 405 g/mol. The van der Waals surface area contributed by atoms with E-state index in [2.05, 4.69) is 10.2 Å². The number of nitrogens with one attached hydrogen (secondary N) is 1. The first-order chi connectivity index (χ1) is 11.6. The number of benzene rings is 1. The molecular formula is C18H29Cl2N3O3. The van der Waals surface area contributed by atoms with E-state index in [1.807, 2.05) is 42.2 Å². The molecule has 8 heteroatoms. The number of morpholine rings is 1. The van der Waals surface area contributed by atoms with Crippen molar-refractivity contribution in [1.29, 1.82) is 0 Å². The van der Waals surface area contributed by atoms with Crippen molar-refractivity contribution in [3.05, 3.63) is 35.9 Å². The number of aliphatic hydroxyl groups excluding tert-OH is 1. The van der Waals surface area contributed by atoms with Gasteiger partial charge in [0.25, 0.3) is 0 Å². The minimum absolute atomic E-state index is 0. The van der Waals surface area contributed by atoms with E-state index >= 15 is 0 Å². The number of hydrogen-bond acceptors (Lipinski definition) is 5. The minimum Gasteiger partial charge on any atom is -0.387 e. The van der Waals surface area contributed by atoms with E-state index in [0.717, 1.165) is 25.2 Å². The lowest BCUT2D eigenvalue weighted by Crippen LogP contribution is -2.59. The first kappa shape index (κ1) is 23.1. The molecule has 148 valence electrons. The summed E-state index contributed by atoms with van der Waals surface area (Å²) in [5.41, 5.74) is 0.938. The van der Waals surface area contributed by atoms with Crippen molar-refractivity contribution in [3.8, 4) is 0 Å². The molecule has 0 bridgehead atoms. The van der Waals surface area contributed by atoms with Gasteiger partial charge in [-0.1, -0.05) is 30.3 Å². The Kier molecular flexibility index (Phi) is 9.85. The van der Waals surface area contributed by atoms with E-state index in [-0.39, 0.29) is 42.9 Å². The molecule has 0 aromatic heterocycles. The van der Waals surface area contributed by atoms with Gasteiger partial charge in [-0.2, -0.15) is 0 Å². The smallest absolute Gasteiger partial charge is 0.242 e. The molecule has 1 amide bonds. The maximum Gasteiger partial charge on any atom is 0.242 e. The number of halogens is 2. The lowest BCUT2D eigenvalue weighted by atomic mass is 10.1. The fourth-order valence-electron chi connectivity index (χ4n) is 3.38. The molecule has 2 aliphatic heterocycles. The first-order valence-electron chi connectivity index (χ1n) is 8.74. The topological polar surface area (TPSA) is 65.0 Å². The Morgan fingerprint density at radius 2 is 1.88 bits per heavy atom. The quantitative estimate of drug-likeness (QED) is 0.784. The van der Waals surface area contributed by atoms with Crippen molar-refractivity contribution in [2.45, 2.75) is 25.2 Å². The number of ether oxygens (including phenoxy) is 1. The Labute approximate surface area is 167 Å². The molecule has 6 nitrogen and oxygen atoms in total. The lowest BCUT2D eigenvalue weighted by molar-refractivity contribution is -0.141. The van der Waals surface area contributed by atoms with Crippen LogP contribution in [0, 0.1) is 0 Å². The number of rotatable bonds is 4. The van der Waals surface area contributed by atoms with E-state index < -0.39 is 6.10 Å². The Balaban J connectivity index is 0.00000169. The average molecular weight is 406 g/mol. The van der Waals surface area contributed by atoms with Gasteiger partial charge in [-0.05, 0) is 12.5 Å². The maximum atomic E-state index is 12.6. The van der Waals surface area contributed by atoms with Crippen molar-refractivity contribution in [2.75, 3.05) is 45.9 Å². The van der Waals surface area contributed by atoms with Gasteiger partial charge in [0.05, 0.1) is 18.8 Å². The summed E-state index contributed by atoms with van der Waals surface area (Å²) in [6.07, 6.45) is -0.564. The predicted octanol–water partition coefficient (Wildman–Crippen LogP) is 1.08. The molecule has 1 aromatic carbocycles. The molecule has 3 rings (SSSR count). The predicted molar refractivity (Wildman–Crippen MR) is 106 cm³/mol. The van der Waals surface area contributed by atoms with Gasteiger partial charge in [0.1, 0.15) is 6.04 Å². The number of β-amino-alcohol motifs (C(OH)–C–C–N with tert-alkyl or cyclic N) is 1. The summed E-state index contributed by atoms with van der Waals surface area (Å²) in [6.45, 7) is 6.92. The summed E-state index contributed by atoms with van der Waals surface area (Å²) < 4.78 is 5.57. The molecule has 0 radical (unpaired) electrons. The Bertz CT molecular complexity index is 542. The Hall–Kier alpha value is -0.890. The molecule has 3 atom stereocenters. The van der Waals surface area contributed by atoms with Gasteiger partial charge in [0.2, 0.25) is 5.91 Å². The van der Waals surface area contributed by atoms with Crippen molar-refractivity contribution in [1.82, 2.24) is 15.1 Å². The SMILES string of the molecule is C[C@H]1OCCN[C@@H]1C(=O)N1CCN(CC(O)c2ccccc2)CC1.Cl.Cl. The van der Waals surface area contributed by atoms with Crippen molar-refractivity contribution in [3.63, 3.8) is 0 Å². The molecule has 2 N–H and O–H groups in total. The normalized spacial score (nSPS) is 24.9. The molecule has 1 aromatic rings. The number of carbonyl (C=O) groups excluding carboxylic acids is 1. The van der Waals surface area contributed by atoms with E-state index in [1.54, 1.807) is 0 Å². The highest BCUT2D eigenvalue weighted by atomic mass is 35.5. The number of aliphatic hydroxyl groups is 1. The Morgan fingerprint density at radius 1 is 1.23 bits per heavy atom. The maximum absolute atomic E-state index is 12.6. The van der Waals surface area contributed by atoms with Gasteiger partial charge in [0, 0.05) is 39.3 Å². The standard InChI is InChI=1S/C18H27N3O3.2ClH/c1-14-17(19-7-12-24-14)18(23)21-10-8-20(9-11-21)13-16(22)15-5-3-2-4-6-15;;/h2-6,14,16-17,19,22H,7-13H2,1H3;2*1H/t14-,16?,17+;;/m1../s1. The molecule has 0 aliphatic carbocycles. The highest BCUT2D eigenvalue weighted by Crippen LogP contribution is 2.16. The lowest BCUT2D eigenvalue weighted by Gasteiger charge is -2.39. The van der Waals surface area contributed by atoms with Crippen LogP contribution in [-0.2, 0) is 9.53 Å². The summed E-state index contributed by atoms with van der Waals surface area (Å²) in [5.74, 6) is 0.130. The van der Waals surface area contributed by atoms with Crippen LogP contribution in [0.1, 0.15) is 18.6 Å². The van der Waals surface area contributed by atoms with Gasteiger partial charge in [-0.3, -0.25) is 9.69 Å². The number of nitrogens with zero attached hydrogens (tertiary/aromatic N) is 2. The van der Waals surface area contributed by atoms with Crippen LogP contribution in [0.5, 0.6) is 0 Å². The van der Waals surface area contributed by atoms with Crippen LogP contribution >= 0.6 is 24.8 Å². The van der Waals surface area contributed by atoms with Gasteiger partial charge in [-0.15, -0.1) is 24.8 Å². The van der Waals surface area contributed by atoms with Crippen LogP contribution in [0.2, 0.25) is 0 Å². The molecule has 2 heterocycles. The molecule has 0 spiro atoms. The third-order valence-electron chi connectivity index (χ3n) is 4.88.